The van der Waals surface area contributed by atoms with Crippen LogP contribution in [0, 0.1) is 0 Å². The number of guanidine groups is 1. The van der Waals surface area contributed by atoms with Crippen LogP contribution in [0.5, 0.6) is 0 Å². The number of hydrogen-bond acceptors (Lipinski definition) is 8. The summed E-state index contributed by atoms with van der Waals surface area (Å²) in [5, 5.41) is 1.09. The molecule has 1 aliphatic heterocycles. The molecule has 100 valence electrons. The second-order valence-electron chi connectivity index (χ2n) is 3.27. The molecule has 0 saturated heterocycles. The van der Waals surface area contributed by atoms with E-state index in [0.29, 0.717) is 4.73 Å². The number of hydroxylamine groups is 2. The summed E-state index contributed by atoms with van der Waals surface area (Å²) in [6.45, 7) is 0. The van der Waals surface area contributed by atoms with Crippen LogP contribution in [0.2, 0.25) is 0 Å². The third kappa shape index (κ3) is 2.17. The minimum Gasteiger partial charge on any atom is -0.368 e. The van der Waals surface area contributed by atoms with Crippen molar-refractivity contribution in [1.29, 1.82) is 0 Å². The van der Waals surface area contributed by atoms with Crippen LogP contribution in [0.1, 0.15) is 11.9 Å². The molecule has 2 rings (SSSR count). The zero-order valence-electron chi connectivity index (χ0n) is 9.16. The first kappa shape index (κ1) is 12.8. The maximum Gasteiger partial charge on any atom is 0.543 e. The smallest absolute Gasteiger partial charge is 0.368 e. The second kappa shape index (κ2) is 4.23. The van der Waals surface area contributed by atoms with Gasteiger partial charge in [0, 0.05) is 0 Å². The number of imidazole rings is 1. The summed E-state index contributed by atoms with van der Waals surface area (Å²) in [7, 11) is -3.39. The van der Waals surface area contributed by atoms with Crippen molar-refractivity contribution in [2.75, 3.05) is 7.11 Å². The second-order valence-corrected chi connectivity index (χ2v) is 4.42. The van der Waals surface area contributed by atoms with E-state index in [0.717, 1.165) is 11.4 Å². The van der Waals surface area contributed by atoms with Crippen LogP contribution < -0.4 is 16.1 Å². The maximum absolute atomic E-state index is 10.7. The SMILES string of the molecule is CON1C(N)=Nc2c(ncn2OP(=O)(O)O)C1N. The van der Waals surface area contributed by atoms with Gasteiger partial charge in [-0.2, -0.15) is 10.1 Å². The molecule has 0 spiro atoms. The average Bonchev–Trinajstić information content (AvgIpc) is 2.60. The number of aromatic nitrogens is 2. The lowest BCUT2D eigenvalue weighted by molar-refractivity contribution is -0.101. The van der Waals surface area contributed by atoms with E-state index in [-0.39, 0.29) is 17.5 Å². The molecule has 0 bridgehead atoms. The number of nitrogens with two attached hydrogens (primary N) is 2. The van der Waals surface area contributed by atoms with Crippen molar-refractivity contribution in [3.8, 4) is 0 Å². The van der Waals surface area contributed by atoms with Gasteiger partial charge in [0.1, 0.15) is 12.0 Å². The predicted octanol–water partition coefficient (Wildman–Crippen LogP) is -1.82. The Labute approximate surface area is 101 Å². The number of phosphoric acid groups is 1. The lowest BCUT2D eigenvalue weighted by atomic mass is 10.3. The number of rotatable bonds is 3. The number of hydrogen-bond donors (Lipinski definition) is 4. The van der Waals surface area contributed by atoms with Crippen LogP contribution in [-0.2, 0) is 9.40 Å². The van der Waals surface area contributed by atoms with E-state index in [1.165, 1.54) is 7.11 Å². The zero-order chi connectivity index (χ0) is 13.5. The first-order chi connectivity index (χ1) is 8.33. The topological polar surface area (TPSA) is 161 Å². The van der Waals surface area contributed by atoms with Crippen LogP contribution >= 0.6 is 7.82 Å². The van der Waals surface area contributed by atoms with Gasteiger partial charge in [-0.25, -0.2) is 9.55 Å². The third-order valence-corrected chi connectivity index (χ3v) is 2.50. The standard InChI is InChI=1S/C6H11N6O5P/c1-16-12-4(7)3-5(10-6(12)8)11(2-9-3)17-18(13,14)15/h2,4H,7H2,1H3,(H2,8,10)(H2,13,14,15). The maximum atomic E-state index is 10.7. The Hall–Kier alpha value is -1.65. The van der Waals surface area contributed by atoms with Gasteiger partial charge in [0.05, 0.1) is 7.11 Å². The van der Waals surface area contributed by atoms with Crippen LogP contribution in [0.15, 0.2) is 11.3 Å². The Morgan fingerprint density at radius 3 is 2.78 bits per heavy atom. The lowest BCUT2D eigenvalue weighted by Crippen LogP contribution is -2.45. The number of fused-ring (bicyclic) bond motifs is 1. The summed E-state index contributed by atoms with van der Waals surface area (Å²) < 4.78 is 15.8. The van der Waals surface area contributed by atoms with E-state index in [1.807, 2.05) is 0 Å². The number of nitrogens with zero attached hydrogens (tertiary/aromatic N) is 4. The van der Waals surface area contributed by atoms with Crippen molar-refractivity contribution in [2.45, 2.75) is 6.17 Å². The summed E-state index contributed by atoms with van der Waals surface area (Å²) in [5.74, 6) is -0.0924. The normalized spacial score (nSPS) is 19.4. The van der Waals surface area contributed by atoms with E-state index < -0.39 is 14.0 Å². The van der Waals surface area contributed by atoms with Crippen molar-refractivity contribution in [3.05, 3.63) is 12.0 Å². The molecular formula is C6H11N6O5P. The Kier molecular flexibility index (Phi) is 3.00. The summed E-state index contributed by atoms with van der Waals surface area (Å²) in [6, 6.07) is 0. The van der Waals surface area contributed by atoms with Crippen molar-refractivity contribution in [3.63, 3.8) is 0 Å². The van der Waals surface area contributed by atoms with E-state index in [9.17, 15) is 4.57 Å². The lowest BCUT2D eigenvalue weighted by Gasteiger charge is -2.29. The highest BCUT2D eigenvalue weighted by atomic mass is 31.2. The molecule has 1 atom stereocenters. The molecule has 0 radical (unpaired) electrons. The van der Waals surface area contributed by atoms with Gasteiger partial charge in [-0.15, -0.1) is 4.73 Å². The van der Waals surface area contributed by atoms with Crippen LogP contribution in [0.3, 0.4) is 0 Å². The Bertz CT molecular complexity index is 537. The fraction of sp³-hybridized carbons (Fsp3) is 0.333. The highest BCUT2D eigenvalue weighted by Gasteiger charge is 2.32. The molecule has 12 heteroatoms. The van der Waals surface area contributed by atoms with Crippen molar-refractivity contribution >= 4 is 19.6 Å². The monoisotopic (exact) mass is 278 g/mol. The van der Waals surface area contributed by atoms with Crippen LogP contribution in [-0.4, -0.2) is 37.6 Å². The minimum atomic E-state index is -4.74. The van der Waals surface area contributed by atoms with E-state index in [2.05, 4.69) is 14.6 Å². The van der Waals surface area contributed by atoms with Gasteiger partial charge in [-0.1, -0.05) is 0 Å². The van der Waals surface area contributed by atoms with E-state index in [4.69, 9.17) is 26.1 Å². The molecule has 1 aromatic heterocycles. The van der Waals surface area contributed by atoms with Crippen LogP contribution in [0.25, 0.3) is 0 Å². The summed E-state index contributed by atoms with van der Waals surface area (Å²) >= 11 is 0. The predicted molar refractivity (Wildman–Crippen MR) is 57.9 cm³/mol. The van der Waals surface area contributed by atoms with Gasteiger partial charge in [-0.3, -0.25) is 14.6 Å². The average molecular weight is 278 g/mol. The first-order valence-corrected chi connectivity index (χ1v) is 6.12. The van der Waals surface area contributed by atoms with Crippen molar-refractivity contribution in [1.82, 2.24) is 14.8 Å². The molecule has 11 nitrogen and oxygen atoms in total. The summed E-state index contributed by atoms with van der Waals surface area (Å²) in [6.07, 6.45) is 0.170. The molecule has 2 heterocycles. The molecule has 1 aromatic rings. The van der Waals surface area contributed by atoms with Gasteiger partial charge in [-0.05, 0) is 0 Å². The molecule has 0 saturated carbocycles. The third-order valence-electron chi connectivity index (χ3n) is 2.11. The highest BCUT2D eigenvalue weighted by molar-refractivity contribution is 7.46. The van der Waals surface area contributed by atoms with Crippen molar-refractivity contribution in [2.24, 2.45) is 16.5 Å². The summed E-state index contributed by atoms with van der Waals surface area (Å²) in [5.41, 5.74) is 11.6. The van der Waals surface area contributed by atoms with Gasteiger partial charge in [0.2, 0.25) is 5.96 Å². The Morgan fingerprint density at radius 2 is 2.22 bits per heavy atom. The van der Waals surface area contributed by atoms with E-state index >= 15 is 0 Å². The molecule has 18 heavy (non-hydrogen) atoms. The first-order valence-electron chi connectivity index (χ1n) is 4.59. The molecule has 6 N–H and O–H groups in total. The molecule has 0 aromatic carbocycles. The molecule has 0 fully saturated rings. The van der Waals surface area contributed by atoms with Gasteiger partial charge in [0.15, 0.2) is 12.0 Å². The molecule has 1 aliphatic rings. The number of aliphatic imine (C=N–C) groups is 1. The Morgan fingerprint density at radius 1 is 1.56 bits per heavy atom. The molecule has 0 amide bonds. The van der Waals surface area contributed by atoms with Gasteiger partial charge < -0.3 is 16.1 Å². The summed E-state index contributed by atoms with van der Waals surface area (Å²) in [4.78, 5) is 30.0. The molecule has 1 unspecified atom stereocenters. The van der Waals surface area contributed by atoms with Gasteiger partial charge in [0.25, 0.3) is 0 Å². The van der Waals surface area contributed by atoms with Crippen LogP contribution in [0.4, 0.5) is 5.82 Å². The van der Waals surface area contributed by atoms with E-state index in [1.54, 1.807) is 0 Å². The van der Waals surface area contributed by atoms with Crippen molar-refractivity contribution < 1.29 is 23.8 Å². The minimum absolute atomic E-state index is 0.00312. The Balaban J connectivity index is 2.43. The molecule has 0 aliphatic carbocycles. The highest BCUT2D eigenvalue weighted by Crippen LogP contribution is 2.36. The fourth-order valence-electron chi connectivity index (χ4n) is 1.45. The fourth-order valence-corrected chi connectivity index (χ4v) is 1.80. The molecular weight excluding hydrogens is 267 g/mol. The zero-order valence-corrected chi connectivity index (χ0v) is 10.1. The quantitative estimate of drug-likeness (QED) is 0.466. The largest absolute Gasteiger partial charge is 0.543 e. The van der Waals surface area contributed by atoms with Gasteiger partial charge >= 0.3 is 7.82 Å².